The molecule has 1 atom stereocenters. The van der Waals surface area contributed by atoms with Gasteiger partial charge in [-0.05, 0) is 24.1 Å². The third-order valence-electron chi connectivity index (χ3n) is 2.70. The third-order valence-corrected chi connectivity index (χ3v) is 2.70. The van der Waals surface area contributed by atoms with E-state index in [1.807, 2.05) is 24.3 Å². The highest BCUT2D eigenvalue weighted by Crippen LogP contribution is 2.13. The van der Waals surface area contributed by atoms with Gasteiger partial charge < -0.3 is 19.5 Å². The van der Waals surface area contributed by atoms with E-state index in [2.05, 4.69) is 5.32 Å². The average molecular weight is 251 g/mol. The standard InChI is InChI=1S/C13H17NO4/c1-16-7-6-10-2-4-11(5-3-10)17-9-12-8-14-13(15)18-12/h2-5,12H,6-9H2,1H3,(H,14,15)/t12-/m0/s1. The summed E-state index contributed by atoms with van der Waals surface area (Å²) in [5.41, 5.74) is 1.21. The maximum absolute atomic E-state index is 10.8. The Balaban J connectivity index is 1.77. The molecule has 1 amide bonds. The van der Waals surface area contributed by atoms with Crippen molar-refractivity contribution < 1.29 is 19.0 Å². The molecule has 1 aromatic rings. The molecule has 0 radical (unpaired) electrons. The molecule has 0 aliphatic carbocycles. The van der Waals surface area contributed by atoms with Crippen LogP contribution in [-0.4, -0.2) is 39.1 Å². The molecule has 1 aromatic carbocycles. The van der Waals surface area contributed by atoms with Crippen molar-refractivity contribution in [1.82, 2.24) is 5.32 Å². The van der Waals surface area contributed by atoms with Gasteiger partial charge in [0.25, 0.3) is 0 Å². The topological polar surface area (TPSA) is 56.8 Å². The molecule has 1 aliphatic rings. The molecule has 5 heteroatoms. The summed E-state index contributed by atoms with van der Waals surface area (Å²) in [6, 6.07) is 7.84. The van der Waals surface area contributed by atoms with Gasteiger partial charge in [0.1, 0.15) is 12.4 Å². The van der Waals surface area contributed by atoms with Gasteiger partial charge in [0, 0.05) is 7.11 Å². The number of cyclic esters (lactones) is 1. The van der Waals surface area contributed by atoms with Gasteiger partial charge in [0.15, 0.2) is 6.10 Å². The van der Waals surface area contributed by atoms with Gasteiger partial charge in [-0.15, -0.1) is 0 Å². The molecule has 1 saturated heterocycles. The van der Waals surface area contributed by atoms with Crippen molar-refractivity contribution in [3.63, 3.8) is 0 Å². The van der Waals surface area contributed by atoms with Gasteiger partial charge in [0.05, 0.1) is 13.2 Å². The summed E-state index contributed by atoms with van der Waals surface area (Å²) < 4.78 is 15.5. The number of hydrogen-bond acceptors (Lipinski definition) is 4. The Morgan fingerprint density at radius 2 is 2.17 bits per heavy atom. The van der Waals surface area contributed by atoms with Crippen molar-refractivity contribution in [2.45, 2.75) is 12.5 Å². The molecule has 1 N–H and O–H groups in total. The number of nitrogens with one attached hydrogen (secondary N) is 1. The van der Waals surface area contributed by atoms with Crippen molar-refractivity contribution >= 4 is 6.09 Å². The Labute approximate surface area is 106 Å². The fraction of sp³-hybridized carbons (Fsp3) is 0.462. The van der Waals surface area contributed by atoms with Gasteiger partial charge in [-0.3, -0.25) is 0 Å². The van der Waals surface area contributed by atoms with Crippen LogP contribution in [0.1, 0.15) is 5.56 Å². The first-order chi connectivity index (χ1) is 8.78. The largest absolute Gasteiger partial charge is 0.490 e. The molecule has 0 saturated carbocycles. The van der Waals surface area contributed by atoms with Crippen molar-refractivity contribution in [1.29, 1.82) is 0 Å². The zero-order valence-corrected chi connectivity index (χ0v) is 10.3. The lowest BCUT2D eigenvalue weighted by molar-refractivity contribution is 0.105. The van der Waals surface area contributed by atoms with Crippen molar-refractivity contribution in [3.05, 3.63) is 29.8 Å². The molecule has 0 bridgehead atoms. The molecular weight excluding hydrogens is 234 g/mol. The van der Waals surface area contributed by atoms with Crippen LogP contribution in [0.3, 0.4) is 0 Å². The van der Waals surface area contributed by atoms with E-state index in [1.54, 1.807) is 7.11 Å². The number of methoxy groups -OCH3 is 1. The predicted molar refractivity (Wildman–Crippen MR) is 65.8 cm³/mol. The number of alkyl carbamates (subject to hydrolysis) is 1. The van der Waals surface area contributed by atoms with Gasteiger partial charge in [-0.1, -0.05) is 12.1 Å². The van der Waals surface area contributed by atoms with E-state index >= 15 is 0 Å². The van der Waals surface area contributed by atoms with Gasteiger partial charge in [-0.25, -0.2) is 4.79 Å². The van der Waals surface area contributed by atoms with E-state index < -0.39 is 0 Å². The number of carbonyl (C=O) groups is 1. The zero-order chi connectivity index (χ0) is 12.8. The van der Waals surface area contributed by atoms with Crippen LogP contribution >= 0.6 is 0 Å². The Morgan fingerprint density at radius 3 is 2.78 bits per heavy atom. The van der Waals surface area contributed by atoms with Gasteiger partial charge in [-0.2, -0.15) is 0 Å². The third kappa shape index (κ3) is 3.63. The van der Waals surface area contributed by atoms with E-state index in [-0.39, 0.29) is 12.2 Å². The lowest BCUT2D eigenvalue weighted by Crippen LogP contribution is -2.21. The first-order valence-corrected chi connectivity index (χ1v) is 5.93. The van der Waals surface area contributed by atoms with Crippen LogP contribution in [-0.2, 0) is 15.9 Å². The maximum atomic E-state index is 10.8. The lowest BCUT2D eigenvalue weighted by atomic mass is 10.1. The number of rotatable bonds is 6. The SMILES string of the molecule is COCCc1ccc(OC[C@@H]2CNC(=O)O2)cc1. The summed E-state index contributed by atoms with van der Waals surface area (Å²) >= 11 is 0. The summed E-state index contributed by atoms with van der Waals surface area (Å²) in [6.45, 7) is 1.59. The zero-order valence-electron chi connectivity index (χ0n) is 10.3. The molecule has 1 aliphatic heterocycles. The van der Waals surface area contributed by atoms with Crippen LogP contribution in [0.25, 0.3) is 0 Å². The first kappa shape index (κ1) is 12.7. The lowest BCUT2D eigenvalue weighted by Gasteiger charge is -2.10. The second kappa shape index (κ2) is 6.26. The Bertz CT molecular complexity index is 390. The van der Waals surface area contributed by atoms with Gasteiger partial charge in [0.2, 0.25) is 0 Å². The van der Waals surface area contributed by atoms with E-state index in [0.717, 1.165) is 12.2 Å². The number of hydrogen-bond donors (Lipinski definition) is 1. The highest BCUT2D eigenvalue weighted by Gasteiger charge is 2.22. The quantitative estimate of drug-likeness (QED) is 0.829. The fourth-order valence-electron chi connectivity index (χ4n) is 1.69. The number of carbonyl (C=O) groups excluding carboxylic acids is 1. The van der Waals surface area contributed by atoms with E-state index in [4.69, 9.17) is 14.2 Å². The van der Waals surface area contributed by atoms with Crippen LogP contribution in [0.4, 0.5) is 4.79 Å². The summed E-state index contributed by atoms with van der Waals surface area (Å²) in [6.07, 6.45) is 0.310. The molecule has 0 unspecified atom stereocenters. The summed E-state index contributed by atoms with van der Waals surface area (Å²) in [7, 11) is 1.69. The molecule has 98 valence electrons. The molecule has 2 rings (SSSR count). The monoisotopic (exact) mass is 251 g/mol. The molecule has 5 nitrogen and oxygen atoms in total. The van der Waals surface area contributed by atoms with Crippen molar-refractivity contribution in [2.24, 2.45) is 0 Å². The first-order valence-electron chi connectivity index (χ1n) is 5.93. The molecule has 0 spiro atoms. The minimum Gasteiger partial charge on any atom is -0.490 e. The van der Waals surface area contributed by atoms with E-state index in [0.29, 0.717) is 19.8 Å². The summed E-state index contributed by atoms with van der Waals surface area (Å²) in [5.74, 6) is 0.777. The molecule has 1 fully saturated rings. The van der Waals surface area contributed by atoms with E-state index in [9.17, 15) is 4.79 Å². The molecule has 1 heterocycles. The highest BCUT2D eigenvalue weighted by atomic mass is 16.6. The number of benzene rings is 1. The Morgan fingerprint density at radius 1 is 1.39 bits per heavy atom. The average Bonchev–Trinajstić information content (AvgIpc) is 2.81. The molecule has 0 aromatic heterocycles. The Kier molecular flexibility index (Phi) is 4.41. The second-order valence-electron chi connectivity index (χ2n) is 4.11. The van der Waals surface area contributed by atoms with Crippen LogP contribution in [0.15, 0.2) is 24.3 Å². The van der Waals surface area contributed by atoms with Crippen LogP contribution in [0.5, 0.6) is 5.75 Å². The van der Waals surface area contributed by atoms with Crippen LogP contribution in [0, 0.1) is 0 Å². The second-order valence-corrected chi connectivity index (χ2v) is 4.11. The van der Waals surface area contributed by atoms with Crippen LogP contribution in [0.2, 0.25) is 0 Å². The minimum atomic E-state index is -0.376. The van der Waals surface area contributed by atoms with Crippen LogP contribution < -0.4 is 10.1 Å². The molecule has 18 heavy (non-hydrogen) atoms. The smallest absolute Gasteiger partial charge is 0.407 e. The normalized spacial score (nSPS) is 18.3. The summed E-state index contributed by atoms with van der Waals surface area (Å²) in [4.78, 5) is 10.8. The van der Waals surface area contributed by atoms with Gasteiger partial charge >= 0.3 is 6.09 Å². The molecular formula is C13H17NO4. The summed E-state index contributed by atoms with van der Waals surface area (Å²) in [5, 5.41) is 2.58. The highest BCUT2D eigenvalue weighted by molar-refractivity contribution is 5.69. The number of amides is 1. The fourth-order valence-corrected chi connectivity index (χ4v) is 1.69. The predicted octanol–water partition coefficient (Wildman–Crippen LogP) is 1.36. The van der Waals surface area contributed by atoms with Crippen molar-refractivity contribution in [3.8, 4) is 5.75 Å². The van der Waals surface area contributed by atoms with Crippen molar-refractivity contribution in [2.75, 3.05) is 26.9 Å². The van der Waals surface area contributed by atoms with E-state index in [1.165, 1.54) is 5.56 Å². The Hall–Kier alpha value is -1.75. The minimum absolute atomic E-state index is 0.203. The number of ether oxygens (including phenoxy) is 3. The maximum Gasteiger partial charge on any atom is 0.407 e.